The maximum atomic E-state index is 12.6. The van der Waals surface area contributed by atoms with Gasteiger partial charge in [-0.15, -0.1) is 0 Å². The molecule has 7 nitrogen and oxygen atoms in total. The number of hydrogen-bond donors (Lipinski definition) is 1. The van der Waals surface area contributed by atoms with Gasteiger partial charge in [0.25, 0.3) is 5.91 Å². The highest BCUT2D eigenvalue weighted by Gasteiger charge is 2.20. The molecule has 0 saturated carbocycles. The van der Waals surface area contributed by atoms with Gasteiger partial charge in [0.1, 0.15) is 12.7 Å². The number of nitrogens with one attached hydrogen (secondary N) is 1. The molecule has 0 bridgehead atoms. The van der Waals surface area contributed by atoms with Crippen molar-refractivity contribution in [1.82, 2.24) is 25.0 Å². The van der Waals surface area contributed by atoms with Crippen LogP contribution in [0.2, 0.25) is 0 Å². The monoisotopic (exact) mass is 389 g/mol. The van der Waals surface area contributed by atoms with Gasteiger partial charge in [-0.25, -0.2) is 9.67 Å². The summed E-state index contributed by atoms with van der Waals surface area (Å²) in [7, 11) is 0. The Morgan fingerprint density at radius 2 is 1.90 bits per heavy atom. The summed E-state index contributed by atoms with van der Waals surface area (Å²) in [5.41, 5.74) is 3.56. The van der Waals surface area contributed by atoms with E-state index in [9.17, 15) is 9.59 Å². The molecule has 29 heavy (non-hydrogen) atoms. The lowest BCUT2D eigenvalue weighted by molar-refractivity contribution is -0.128. The summed E-state index contributed by atoms with van der Waals surface area (Å²) in [6.07, 6.45) is 4.70. The minimum atomic E-state index is -0.130. The highest BCUT2D eigenvalue weighted by Crippen LogP contribution is 2.17. The van der Waals surface area contributed by atoms with E-state index in [0.29, 0.717) is 18.5 Å². The molecule has 1 aliphatic rings. The minimum Gasteiger partial charge on any atom is -0.346 e. The van der Waals surface area contributed by atoms with Crippen molar-refractivity contribution in [2.24, 2.45) is 0 Å². The zero-order chi connectivity index (χ0) is 20.2. The van der Waals surface area contributed by atoms with Crippen LogP contribution >= 0.6 is 0 Å². The first-order chi connectivity index (χ1) is 14.1. The van der Waals surface area contributed by atoms with Gasteiger partial charge in [0.2, 0.25) is 5.91 Å². The Labute approximate surface area is 169 Å². The van der Waals surface area contributed by atoms with Gasteiger partial charge in [0.15, 0.2) is 0 Å². The van der Waals surface area contributed by atoms with Gasteiger partial charge >= 0.3 is 0 Å². The fraction of sp³-hybridized carbons (Fsp3) is 0.273. The van der Waals surface area contributed by atoms with E-state index < -0.39 is 0 Å². The number of aromatic nitrogens is 3. The molecule has 148 valence electrons. The number of benzene rings is 2. The molecule has 0 radical (unpaired) electrons. The molecule has 0 aliphatic carbocycles. The van der Waals surface area contributed by atoms with Gasteiger partial charge < -0.3 is 10.2 Å². The largest absolute Gasteiger partial charge is 0.346 e. The van der Waals surface area contributed by atoms with Crippen LogP contribution in [0.3, 0.4) is 0 Å². The van der Waals surface area contributed by atoms with Crippen LogP contribution in [0.25, 0.3) is 5.69 Å². The maximum Gasteiger partial charge on any atom is 0.251 e. The SMILES string of the molecule is CC(NC(=O)c1ccc(CN2CCCC2=O)cc1)c1ccc(-n2cncn2)cc1. The molecular weight excluding hydrogens is 366 g/mol. The molecule has 1 unspecified atom stereocenters. The molecule has 3 aromatic rings. The number of carbonyl (C=O) groups excluding carboxylic acids is 2. The van der Waals surface area contributed by atoms with Crippen LogP contribution in [-0.2, 0) is 11.3 Å². The highest BCUT2D eigenvalue weighted by molar-refractivity contribution is 5.94. The van der Waals surface area contributed by atoms with Crippen LogP contribution in [-0.4, -0.2) is 38.0 Å². The quantitative estimate of drug-likeness (QED) is 0.703. The molecule has 2 aromatic carbocycles. The predicted molar refractivity (Wildman–Crippen MR) is 108 cm³/mol. The molecule has 1 aromatic heterocycles. The number of amides is 2. The van der Waals surface area contributed by atoms with Gasteiger partial charge in [0, 0.05) is 25.1 Å². The maximum absolute atomic E-state index is 12.6. The molecule has 0 spiro atoms. The second kappa shape index (κ2) is 8.26. The van der Waals surface area contributed by atoms with Crippen LogP contribution in [0.5, 0.6) is 0 Å². The van der Waals surface area contributed by atoms with Gasteiger partial charge in [-0.2, -0.15) is 5.10 Å². The average Bonchev–Trinajstić information content (AvgIpc) is 3.41. The number of likely N-dealkylation sites (tertiary alicyclic amines) is 1. The van der Waals surface area contributed by atoms with Gasteiger partial charge in [0.05, 0.1) is 11.7 Å². The highest BCUT2D eigenvalue weighted by atomic mass is 16.2. The Bertz CT molecular complexity index is 981. The fourth-order valence-corrected chi connectivity index (χ4v) is 3.47. The standard InChI is InChI=1S/C22H23N5O2/c1-16(18-8-10-20(11-9-18)27-15-23-14-24-27)25-22(29)19-6-4-17(5-7-19)13-26-12-2-3-21(26)28/h4-11,14-16H,2-3,12-13H2,1H3,(H,25,29). The molecule has 1 N–H and O–H groups in total. The third kappa shape index (κ3) is 4.34. The first kappa shape index (κ1) is 18.9. The number of nitrogens with zero attached hydrogens (tertiary/aromatic N) is 4. The van der Waals surface area contributed by atoms with E-state index in [1.807, 2.05) is 60.4 Å². The van der Waals surface area contributed by atoms with Crippen molar-refractivity contribution in [3.8, 4) is 5.69 Å². The third-order valence-electron chi connectivity index (χ3n) is 5.18. The Balaban J connectivity index is 1.36. The van der Waals surface area contributed by atoms with Crippen LogP contribution in [0.4, 0.5) is 0 Å². The van der Waals surface area contributed by atoms with Crippen LogP contribution in [0, 0.1) is 0 Å². The molecule has 7 heteroatoms. The zero-order valence-electron chi connectivity index (χ0n) is 16.3. The summed E-state index contributed by atoms with van der Waals surface area (Å²) in [6, 6.07) is 15.2. The third-order valence-corrected chi connectivity index (χ3v) is 5.18. The molecule has 2 amide bonds. The number of hydrogen-bond acceptors (Lipinski definition) is 4. The topological polar surface area (TPSA) is 80.1 Å². The number of rotatable bonds is 6. The molecule has 2 heterocycles. The average molecular weight is 389 g/mol. The smallest absolute Gasteiger partial charge is 0.251 e. The van der Waals surface area contributed by atoms with E-state index >= 15 is 0 Å². The van der Waals surface area contributed by atoms with E-state index in [4.69, 9.17) is 0 Å². The molecule has 1 atom stereocenters. The summed E-state index contributed by atoms with van der Waals surface area (Å²) in [5, 5.41) is 7.13. The molecule has 4 rings (SSSR count). The van der Waals surface area contributed by atoms with E-state index in [-0.39, 0.29) is 17.9 Å². The van der Waals surface area contributed by atoms with Crippen molar-refractivity contribution in [1.29, 1.82) is 0 Å². The van der Waals surface area contributed by atoms with Gasteiger partial charge in [-0.1, -0.05) is 24.3 Å². The lowest BCUT2D eigenvalue weighted by atomic mass is 10.1. The second-order valence-corrected chi connectivity index (χ2v) is 7.24. The summed E-state index contributed by atoms with van der Waals surface area (Å²) in [6.45, 7) is 3.37. The summed E-state index contributed by atoms with van der Waals surface area (Å²) in [5.74, 6) is 0.0807. The van der Waals surface area contributed by atoms with E-state index in [0.717, 1.165) is 29.8 Å². The fourth-order valence-electron chi connectivity index (χ4n) is 3.47. The zero-order valence-corrected chi connectivity index (χ0v) is 16.3. The van der Waals surface area contributed by atoms with Crippen LogP contribution in [0.15, 0.2) is 61.2 Å². The minimum absolute atomic E-state index is 0.123. The van der Waals surface area contributed by atoms with E-state index in [1.54, 1.807) is 11.0 Å². The van der Waals surface area contributed by atoms with Crippen LogP contribution < -0.4 is 5.32 Å². The van der Waals surface area contributed by atoms with Crippen LogP contribution in [0.1, 0.15) is 47.3 Å². The Kier molecular flexibility index (Phi) is 5.37. The molecule has 1 saturated heterocycles. The van der Waals surface area contributed by atoms with Crippen molar-refractivity contribution < 1.29 is 9.59 Å². The van der Waals surface area contributed by atoms with E-state index in [1.165, 1.54) is 6.33 Å². The van der Waals surface area contributed by atoms with E-state index in [2.05, 4.69) is 15.4 Å². The predicted octanol–water partition coefficient (Wildman–Crippen LogP) is 2.88. The summed E-state index contributed by atoms with van der Waals surface area (Å²) in [4.78, 5) is 30.1. The Hall–Kier alpha value is -3.48. The first-order valence-electron chi connectivity index (χ1n) is 9.73. The second-order valence-electron chi connectivity index (χ2n) is 7.24. The van der Waals surface area contributed by atoms with Crippen molar-refractivity contribution in [3.63, 3.8) is 0 Å². The lowest BCUT2D eigenvalue weighted by Gasteiger charge is -2.17. The Morgan fingerprint density at radius 3 is 2.52 bits per heavy atom. The molecule has 1 fully saturated rings. The summed E-state index contributed by atoms with van der Waals surface area (Å²) < 4.78 is 1.68. The number of carbonyl (C=O) groups is 2. The van der Waals surface area contributed by atoms with Gasteiger partial charge in [-0.3, -0.25) is 9.59 Å². The lowest BCUT2D eigenvalue weighted by Crippen LogP contribution is -2.27. The van der Waals surface area contributed by atoms with Crippen molar-refractivity contribution >= 4 is 11.8 Å². The normalized spacial score (nSPS) is 14.8. The van der Waals surface area contributed by atoms with Crippen molar-refractivity contribution in [3.05, 3.63) is 77.9 Å². The Morgan fingerprint density at radius 1 is 1.14 bits per heavy atom. The van der Waals surface area contributed by atoms with Crippen molar-refractivity contribution in [2.75, 3.05) is 6.54 Å². The molecular formula is C22H23N5O2. The first-order valence-corrected chi connectivity index (χ1v) is 9.73. The van der Waals surface area contributed by atoms with Crippen molar-refractivity contribution in [2.45, 2.75) is 32.4 Å². The van der Waals surface area contributed by atoms with Gasteiger partial charge in [-0.05, 0) is 48.7 Å². The molecule has 1 aliphatic heterocycles. The summed E-state index contributed by atoms with van der Waals surface area (Å²) >= 11 is 0.